The van der Waals surface area contributed by atoms with Gasteiger partial charge in [0.05, 0.1) is 44.1 Å². The Hall–Kier alpha value is -8.54. The van der Waals surface area contributed by atoms with Crippen LogP contribution in [-0.2, 0) is 0 Å². The molecule has 14 rings (SSSR count). The van der Waals surface area contributed by atoms with Crippen molar-refractivity contribution in [2.75, 3.05) is 0 Å². The average Bonchev–Trinajstić information content (AvgIpc) is 3.98. The summed E-state index contributed by atoms with van der Waals surface area (Å²) in [5.41, 5.74) is 12.6. The molecule has 0 saturated carbocycles. The summed E-state index contributed by atoms with van der Waals surface area (Å²) in [4.78, 5) is 11.1. The minimum Gasteiger partial charge on any atom is -0.309 e. The van der Waals surface area contributed by atoms with Crippen molar-refractivity contribution in [1.29, 1.82) is 0 Å². The van der Waals surface area contributed by atoms with Gasteiger partial charge in [0.1, 0.15) is 5.69 Å². The topological polar surface area (TPSA) is 40.6 Å². The molecule has 0 bridgehead atoms. The largest absolute Gasteiger partial charge is 0.309 e. The SMILES string of the molecule is c1ccc(-n2c3ccccc3c3cc(-c4nc5ccccc5nc4-n4c5cc(-n6c7ccccc7c7cc8ccccc8cc76)ccc5c5c6ccccc6ccc54)ccc32)cc1. The number of aromatic nitrogens is 5. The van der Waals surface area contributed by atoms with Crippen molar-refractivity contribution < 1.29 is 0 Å². The molecule has 63 heavy (non-hydrogen) atoms. The maximum atomic E-state index is 5.58. The Kier molecular flexibility index (Phi) is 7.05. The lowest BCUT2D eigenvalue weighted by Crippen LogP contribution is -2.04. The summed E-state index contributed by atoms with van der Waals surface area (Å²) in [5, 5.41) is 12.1. The predicted octanol–water partition coefficient (Wildman–Crippen LogP) is 14.9. The fourth-order valence-electron chi connectivity index (χ4n) is 10.4. The highest BCUT2D eigenvalue weighted by molar-refractivity contribution is 6.22. The van der Waals surface area contributed by atoms with Crippen LogP contribution in [0, 0.1) is 0 Å². The minimum absolute atomic E-state index is 0.792. The van der Waals surface area contributed by atoms with Crippen molar-refractivity contribution in [2.24, 2.45) is 0 Å². The maximum Gasteiger partial charge on any atom is 0.165 e. The highest BCUT2D eigenvalue weighted by Crippen LogP contribution is 2.43. The second-order valence-electron chi connectivity index (χ2n) is 16.6. The number of hydrogen-bond acceptors (Lipinski definition) is 2. The van der Waals surface area contributed by atoms with Crippen LogP contribution in [-0.4, -0.2) is 23.7 Å². The van der Waals surface area contributed by atoms with Crippen molar-refractivity contribution in [2.45, 2.75) is 0 Å². The van der Waals surface area contributed by atoms with Gasteiger partial charge in [-0.25, -0.2) is 9.97 Å². The molecule has 10 aromatic carbocycles. The molecule has 0 unspecified atom stereocenters. The van der Waals surface area contributed by atoms with Gasteiger partial charge in [0.25, 0.3) is 0 Å². The summed E-state index contributed by atoms with van der Waals surface area (Å²) in [7, 11) is 0. The molecule has 0 aliphatic carbocycles. The first-order valence-corrected chi connectivity index (χ1v) is 21.5. The van der Waals surface area contributed by atoms with Gasteiger partial charge < -0.3 is 9.13 Å². The third-order valence-electron chi connectivity index (χ3n) is 13.2. The normalized spacial score (nSPS) is 12.1. The second kappa shape index (κ2) is 13.0. The van der Waals surface area contributed by atoms with Crippen molar-refractivity contribution in [3.05, 3.63) is 212 Å². The van der Waals surface area contributed by atoms with Gasteiger partial charge in [-0.1, -0.05) is 133 Å². The molecule has 0 atom stereocenters. The van der Waals surface area contributed by atoms with E-state index in [0.29, 0.717) is 0 Å². The first-order valence-electron chi connectivity index (χ1n) is 21.5. The molecule has 0 saturated heterocycles. The summed E-state index contributed by atoms with van der Waals surface area (Å²) in [6.07, 6.45) is 0. The van der Waals surface area contributed by atoms with Gasteiger partial charge in [0.15, 0.2) is 5.82 Å². The quantitative estimate of drug-likeness (QED) is 0.178. The zero-order valence-corrected chi connectivity index (χ0v) is 33.9. The van der Waals surface area contributed by atoms with Crippen molar-refractivity contribution in [3.8, 4) is 28.5 Å². The van der Waals surface area contributed by atoms with E-state index in [1.54, 1.807) is 0 Å². The van der Waals surface area contributed by atoms with Gasteiger partial charge >= 0.3 is 0 Å². The van der Waals surface area contributed by atoms with Crippen LogP contribution < -0.4 is 0 Å². The van der Waals surface area contributed by atoms with Crippen LogP contribution in [0.25, 0.3) is 126 Å². The number of benzene rings is 10. The van der Waals surface area contributed by atoms with Crippen LogP contribution in [0.15, 0.2) is 212 Å². The summed E-state index contributed by atoms with van der Waals surface area (Å²) in [6.45, 7) is 0. The second-order valence-corrected chi connectivity index (χ2v) is 16.6. The molecule has 4 aromatic heterocycles. The first kappa shape index (κ1) is 34.2. The summed E-state index contributed by atoms with van der Waals surface area (Å²) in [6, 6.07) is 76.6. The Labute approximate surface area is 360 Å². The molecular formula is C58H35N5. The van der Waals surface area contributed by atoms with Gasteiger partial charge in [-0.2, -0.15) is 0 Å². The predicted molar refractivity (Wildman–Crippen MR) is 263 cm³/mol. The average molecular weight is 802 g/mol. The molecule has 0 spiro atoms. The van der Waals surface area contributed by atoms with Crippen molar-refractivity contribution in [1.82, 2.24) is 23.7 Å². The Bertz CT molecular complexity index is 4210. The van der Waals surface area contributed by atoms with Crippen molar-refractivity contribution >= 4 is 98.0 Å². The number of fused-ring (bicyclic) bond motifs is 13. The number of nitrogens with zero attached hydrogens (tertiary/aromatic N) is 5. The zero-order chi connectivity index (χ0) is 41.2. The van der Waals surface area contributed by atoms with Crippen LogP contribution in [0.4, 0.5) is 0 Å². The van der Waals surface area contributed by atoms with Gasteiger partial charge in [-0.05, 0) is 100 Å². The van der Waals surface area contributed by atoms with Gasteiger partial charge in [0.2, 0.25) is 0 Å². The van der Waals surface area contributed by atoms with E-state index < -0.39 is 0 Å². The number of para-hydroxylation sites is 5. The molecule has 0 aliphatic rings. The molecule has 0 amide bonds. The van der Waals surface area contributed by atoms with Gasteiger partial charge in [0, 0.05) is 49.3 Å². The fraction of sp³-hybridized carbons (Fsp3) is 0. The van der Waals surface area contributed by atoms with Gasteiger partial charge in [-0.15, -0.1) is 0 Å². The summed E-state index contributed by atoms with van der Waals surface area (Å²) >= 11 is 0. The summed E-state index contributed by atoms with van der Waals surface area (Å²) in [5.74, 6) is 0.792. The standard InChI is InChI=1S/C58H35N5/c1-2-17-40(18-3-1)61-50-24-12-8-20-43(50)46-33-39(27-30-52(46)61)57-58(60-49-23-11-10-22-48(49)59-57)63-53-31-26-36-14-6-7-19-42(36)56(53)45-29-28-41(35-55(45)63)62-51-25-13-9-21-44(51)47-32-37-15-4-5-16-38(37)34-54(47)62/h1-35H. The van der Waals surface area contributed by atoms with Crippen LogP contribution in [0.3, 0.4) is 0 Å². The Morgan fingerprint density at radius 1 is 0.286 bits per heavy atom. The molecule has 292 valence electrons. The third kappa shape index (κ3) is 4.93. The number of hydrogen-bond donors (Lipinski definition) is 0. The Morgan fingerprint density at radius 3 is 1.63 bits per heavy atom. The molecule has 0 N–H and O–H groups in total. The Morgan fingerprint density at radius 2 is 0.857 bits per heavy atom. The molecule has 0 aliphatic heterocycles. The molecule has 0 radical (unpaired) electrons. The molecular weight excluding hydrogens is 767 g/mol. The highest BCUT2D eigenvalue weighted by atomic mass is 15.1. The monoisotopic (exact) mass is 801 g/mol. The smallest absolute Gasteiger partial charge is 0.165 e. The fourth-order valence-corrected chi connectivity index (χ4v) is 10.4. The van der Waals surface area contributed by atoms with Crippen LogP contribution in [0.1, 0.15) is 0 Å². The van der Waals surface area contributed by atoms with Crippen LogP contribution in [0.2, 0.25) is 0 Å². The third-order valence-corrected chi connectivity index (χ3v) is 13.2. The molecule has 14 aromatic rings. The first-order chi connectivity index (χ1) is 31.2. The number of rotatable bonds is 4. The van der Waals surface area contributed by atoms with Crippen LogP contribution in [0.5, 0.6) is 0 Å². The van der Waals surface area contributed by atoms with E-state index >= 15 is 0 Å². The van der Waals surface area contributed by atoms with Gasteiger partial charge in [-0.3, -0.25) is 4.57 Å². The lowest BCUT2D eigenvalue weighted by Gasteiger charge is -2.15. The van der Waals surface area contributed by atoms with Crippen molar-refractivity contribution in [3.63, 3.8) is 0 Å². The Balaban J connectivity index is 1.09. The molecule has 5 heteroatoms. The molecule has 4 heterocycles. The minimum atomic E-state index is 0.792. The van der Waals surface area contributed by atoms with E-state index in [1.807, 2.05) is 6.07 Å². The van der Waals surface area contributed by atoms with E-state index in [-0.39, 0.29) is 0 Å². The highest BCUT2D eigenvalue weighted by Gasteiger charge is 2.23. The molecule has 5 nitrogen and oxygen atoms in total. The van der Waals surface area contributed by atoms with E-state index in [4.69, 9.17) is 9.97 Å². The maximum absolute atomic E-state index is 5.58. The molecule has 0 fully saturated rings. The van der Waals surface area contributed by atoms with Crippen LogP contribution >= 0.6 is 0 Å². The van der Waals surface area contributed by atoms with E-state index in [0.717, 1.165) is 56.0 Å². The van der Waals surface area contributed by atoms with E-state index in [9.17, 15) is 0 Å². The lowest BCUT2D eigenvalue weighted by atomic mass is 10.0. The van der Waals surface area contributed by atoms with E-state index in [2.05, 4.69) is 220 Å². The summed E-state index contributed by atoms with van der Waals surface area (Å²) < 4.78 is 7.16. The van der Waals surface area contributed by atoms with E-state index in [1.165, 1.54) is 70.4 Å². The zero-order valence-electron chi connectivity index (χ0n) is 33.9. The lowest BCUT2D eigenvalue weighted by molar-refractivity contribution is 1.08.